The molecule has 148 valence electrons. The summed E-state index contributed by atoms with van der Waals surface area (Å²) in [5.74, 6) is -0.721. The lowest BCUT2D eigenvalue weighted by molar-refractivity contribution is -0.127. The van der Waals surface area contributed by atoms with Gasteiger partial charge in [0.1, 0.15) is 5.82 Å². The first-order valence-electron chi connectivity index (χ1n) is 9.88. The van der Waals surface area contributed by atoms with E-state index in [2.05, 4.69) is 5.32 Å². The van der Waals surface area contributed by atoms with Gasteiger partial charge in [-0.2, -0.15) is 0 Å². The number of piperidine rings is 1. The maximum absolute atomic E-state index is 13.2. The van der Waals surface area contributed by atoms with Crippen molar-refractivity contribution in [2.24, 2.45) is 5.92 Å². The van der Waals surface area contributed by atoms with Crippen LogP contribution in [0.3, 0.4) is 0 Å². The lowest BCUT2D eigenvalue weighted by Gasteiger charge is -2.38. The predicted molar refractivity (Wildman–Crippen MR) is 107 cm³/mol. The van der Waals surface area contributed by atoms with Crippen LogP contribution in [0.25, 0.3) is 0 Å². The quantitative estimate of drug-likeness (QED) is 0.850. The van der Waals surface area contributed by atoms with Gasteiger partial charge in [-0.3, -0.25) is 9.59 Å². The smallest absolute Gasteiger partial charge is 0.253 e. The molecule has 3 rings (SSSR count). The van der Waals surface area contributed by atoms with Crippen molar-refractivity contribution >= 4 is 11.8 Å². The molecule has 0 spiro atoms. The number of halogens is 1. The molecule has 0 saturated carbocycles. The Balaban J connectivity index is 1.83. The van der Waals surface area contributed by atoms with E-state index in [1.165, 1.54) is 24.3 Å². The van der Waals surface area contributed by atoms with Crippen molar-refractivity contribution < 1.29 is 14.0 Å². The molecule has 1 aliphatic heterocycles. The van der Waals surface area contributed by atoms with Gasteiger partial charge in [-0.25, -0.2) is 4.39 Å². The third-order valence-corrected chi connectivity index (χ3v) is 5.47. The summed E-state index contributed by atoms with van der Waals surface area (Å²) in [5.41, 5.74) is 1.57. The molecule has 4 nitrogen and oxygen atoms in total. The van der Waals surface area contributed by atoms with Gasteiger partial charge in [-0.15, -0.1) is 0 Å². The average molecular weight is 382 g/mol. The Morgan fingerprint density at radius 1 is 1.11 bits per heavy atom. The highest BCUT2D eigenvalue weighted by Gasteiger charge is 2.35. The Bertz CT molecular complexity index is 807. The monoisotopic (exact) mass is 382 g/mol. The van der Waals surface area contributed by atoms with Crippen LogP contribution in [-0.4, -0.2) is 35.8 Å². The Morgan fingerprint density at radius 2 is 1.79 bits per heavy atom. The van der Waals surface area contributed by atoms with Gasteiger partial charge in [-0.1, -0.05) is 37.3 Å². The van der Waals surface area contributed by atoms with Gasteiger partial charge < -0.3 is 10.2 Å². The molecule has 2 amide bonds. The molecule has 1 fully saturated rings. The van der Waals surface area contributed by atoms with Crippen molar-refractivity contribution in [1.29, 1.82) is 0 Å². The van der Waals surface area contributed by atoms with Crippen molar-refractivity contribution in [3.63, 3.8) is 0 Å². The summed E-state index contributed by atoms with van der Waals surface area (Å²) in [6, 6.07) is 15.7. The minimum Gasteiger partial charge on any atom is -0.353 e. The summed E-state index contributed by atoms with van der Waals surface area (Å²) in [6.45, 7) is 4.94. The van der Waals surface area contributed by atoms with Gasteiger partial charge in [-0.05, 0) is 49.6 Å². The maximum atomic E-state index is 13.2. The zero-order valence-corrected chi connectivity index (χ0v) is 16.4. The number of likely N-dealkylation sites (tertiary alicyclic amines) is 1. The number of benzene rings is 2. The van der Waals surface area contributed by atoms with Gasteiger partial charge in [0, 0.05) is 30.6 Å². The SMILES string of the molecule is CC[C@H](C)NC(=O)[C@@H]1C[C@H](c2ccccc2)CN(C(=O)c2ccc(F)cc2)C1. The number of amides is 2. The van der Waals surface area contributed by atoms with Crippen molar-refractivity contribution in [3.8, 4) is 0 Å². The number of nitrogens with one attached hydrogen (secondary N) is 1. The van der Waals surface area contributed by atoms with E-state index >= 15 is 0 Å². The van der Waals surface area contributed by atoms with Crippen LogP contribution in [0.1, 0.15) is 48.5 Å². The topological polar surface area (TPSA) is 49.4 Å². The minimum absolute atomic E-state index is 0.00751. The summed E-state index contributed by atoms with van der Waals surface area (Å²) in [4.78, 5) is 27.5. The molecule has 1 N–H and O–H groups in total. The molecule has 1 saturated heterocycles. The molecule has 0 aromatic heterocycles. The van der Waals surface area contributed by atoms with E-state index < -0.39 is 0 Å². The van der Waals surface area contributed by atoms with E-state index in [0.717, 1.165) is 12.0 Å². The Morgan fingerprint density at radius 3 is 2.43 bits per heavy atom. The van der Waals surface area contributed by atoms with E-state index in [9.17, 15) is 14.0 Å². The third kappa shape index (κ3) is 4.77. The first-order valence-corrected chi connectivity index (χ1v) is 9.88. The van der Waals surface area contributed by atoms with Crippen LogP contribution in [0.4, 0.5) is 4.39 Å². The number of nitrogens with zero attached hydrogens (tertiary/aromatic N) is 1. The molecule has 5 heteroatoms. The fourth-order valence-electron chi connectivity index (χ4n) is 3.66. The Kier molecular flexibility index (Phi) is 6.45. The van der Waals surface area contributed by atoms with Gasteiger partial charge in [0.2, 0.25) is 5.91 Å². The number of carbonyl (C=O) groups is 2. The normalized spacial score (nSPS) is 20.5. The standard InChI is InChI=1S/C23H27FN2O2/c1-3-16(2)25-22(27)20-13-19(17-7-5-4-6-8-17)14-26(15-20)23(28)18-9-11-21(24)12-10-18/h4-12,16,19-20H,3,13-15H2,1-2H3,(H,25,27)/t16-,19-,20+/m0/s1. The molecular formula is C23H27FN2O2. The predicted octanol–water partition coefficient (Wildman–Crippen LogP) is 3.99. The van der Waals surface area contributed by atoms with E-state index in [4.69, 9.17) is 0 Å². The van der Waals surface area contributed by atoms with Gasteiger partial charge in [0.25, 0.3) is 5.91 Å². The van der Waals surface area contributed by atoms with E-state index in [1.807, 2.05) is 44.2 Å². The minimum atomic E-state index is -0.372. The Hall–Kier alpha value is -2.69. The van der Waals surface area contributed by atoms with Crippen LogP contribution in [-0.2, 0) is 4.79 Å². The molecular weight excluding hydrogens is 355 g/mol. The van der Waals surface area contributed by atoms with Gasteiger partial charge in [0.05, 0.1) is 5.92 Å². The summed E-state index contributed by atoms with van der Waals surface area (Å²) in [5, 5.41) is 3.05. The van der Waals surface area contributed by atoms with Crippen molar-refractivity contribution in [3.05, 3.63) is 71.5 Å². The van der Waals surface area contributed by atoms with Crippen LogP contribution in [0.5, 0.6) is 0 Å². The molecule has 0 aliphatic carbocycles. The highest BCUT2D eigenvalue weighted by Crippen LogP contribution is 2.31. The average Bonchev–Trinajstić information content (AvgIpc) is 2.74. The summed E-state index contributed by atoms with van der Waals surface area (Å²) in [7, 11) is 0. The van der Waals surface area contributed by atoms with Crippen molar-refractivity contribution in [1.82, 2.24) is 10.2 Å². The zero-order valence-electron chi connectivity index (χ0n) is 16.4. The van der Waals surface area contributed by atoms with Gasteiger partial charge >= 0.3 is 0 Å². The molecule has 3 atom stereocenters. The molecule has 0 unspecified atom stereocenters. The number of hydrogen-bond acceptors (Lipinski definition) is 2. The van der Waals surface area contributed by atoms with Crippen LogP contribution >= 0.6 is 0 Å². The molecule has 1 aliphatic rings. The summed E-state index contributed by atoms with van der Waals surface area (Å²) < 4.78 is 13.2. The van der Waals surface area contributed by atoms with Gasteiger partial charge in [0.15, 0.2) is 0 Å². The second kappa shape index (κ2) is 9.00. The molecule has 0 bridgehead atoms. The molecule has 1 heterocycles. The summed E-state index contributed by atoms with van der Waals surface area (Å²) >= 11 is 0. The first-order chi connectivity index (χ1) is 13.5. The highest BCUT2D eigenvalue weighted by atomic mass is 19.1. The lowest BCUT2D eigenvalue weighted by Crippen LogP contribution is -2.49. The second-order valence-corrected chi connectivity index (χ2v) is 7.58. The highest BCUT2D eigenvalue weighted by molar-refractivity contribution is 5.94. The Labute approximate surface area is 165 Å². The van der Waals surface area contributed by atoms with E-state index in [-0.39, 0.29) is 35.5 Å². The fourth-order valence-corrected chi connectivity index (χ4v) is 3.66. The van der Waals surface area contributed by atoms with E-state index in [1.54, 1.807) is 4.90 Å². The first kappa shape index (κ1) is 20.1. The number of hydrogen-bond donors (Lipinski definition) is 1. The third-order valence-electron chi connectivity index (χ3n) is 5.47. The van der Waals surface area contributed by atoms with Crippen molar-refractivity contribution in [2.75, 3.05) is 13.1 Å². The molecule has 28 heavy (non-hydrogen) atoms. The molecule has 2 aromatic carbocycles. The largest absolute Gasteiger partial charge is 0.353 e. The van der Waals surface area contributed by atoms with E-state index in [0.29, 0.717) is 25.1 Å². The fraction of sp³-hybridized carbons (Fsp3) is 0.391. The molecule has 2 aromatic rings. The van der Waals surface area contributed by atoms with Crippen LogP contribution in [0.15, 0.2) is 54.6 Å². The lowest BCUT2D eigenvalue weighted by atomic mass is 9.83. The zero-order chi connectivity index (χ0) is 20.1. The maximum Gasteiger partial charge on any atom is 0.253 e. The number of rotatable bonds is 5. The second-order valence-electron chi connectivity index (χ2n) is 7.58. The van der Waals surface area contributed by atoms with Crippen LogP contribution < -0.4 is 5.32 Å². The molecule has 0 radical (unpaired) electrons. The van der Waals surface area contributed by atoms with Crippen LogP contribution in [0, 0.1) is 11.7 Å². The van der Waals surface area contributed by atoms with Crippen LogP contribution in [0.2, 0.25) is 0 Å². The van der Waals surface area contributed by atoms with Crippen molar-refractivity contribution in [2.45, 2.75) is 38.6 Å². The number of carbonyl (C=O) groups excluding carboxylic acids is 2. The summed E-state index contributed by atoms with van der Waals surface area (Å²) in [6.07, 6.45) is 1.57.